The molecule has 5 nitrogen and oxygen atoms in total. The maximum Gasteiger partial charge on any atom is 0.196 e. The van der Waals surface area contributed by atoms with Crippen LogP contribution in [0.2, 0.25) is 0 Å². The molecular formula is C13H14Cl2N2O3. The van der Waals surface area contributed by atoms with Crippen LogP contribution in [0.4, 0.5) is 11.4 Å². The molecule has 2 rings (SSSR count). The minimum absolute atomic E-state index is 0. The van der Waals surface area contributed by atoms with Gasteiger partial charge in [-0.1, -0.05) is 0 Å². The molecule has 0 aliphatic heterocycles. The molecule has 0 fully saturated rings. The highest BCUT2D eigenvalue weighted by Crippen LogP contribution is 2.26. The summed E-state index contributed by atoms with van der Waals surface area (Å²) in [5, 5.41) is 18.8. The van der Waals surface area contributed by atoms with Crippen LogP contribution < -0.4 is 11.5 Å². The molecule has 0 saturated carbocycles. The lowest BCUT2D eigenvalue weighted by Crippen LogP contribution is -2.04. The molecule has 108 valence electrons. The molecule has 6 N–H and O–H groups in total. The fourth-order valence-electron chi connectivity index (χ4n) is 1.68. The van der Waals surface area contributed by atoms with Crippen LogP contribution in [0.15, 0.2) is 36.4 Å². The van der Waals surface area contributed by atoms with Gasteiger partial charge in [-0.25, -0.2) is 0 Å². The van der Waals surface area contributed by atoms with Crippen molar-refractivity contribution >= 4 is 42.0 Å². The summed E-state index contributed by atoms with van der Waals surface area (Å²) in [5.41, 5.74) is 12.3. The van der Waals surface area contributed by atoms with Crippen LogP contribution in [-0.2, 0) is 0 Å². The smallest absolute Gasteiger partial charge is 0.196 e. The quantitative estimate of drug-likeness (QED) is 0.502. The van der Waals surface area contributed by atoms with Crippen molar-refractivity contribution < 1.29 is 15.0 Å². The first-order valence-corrected chi connectivity index (χ1v) is 5.20. The van der Waals surface area contributed by atoms with Gasteiger partial charge in [-0.15, -0.1) is 24.8 Å². The third-order valence-electron chi connectivity index (χ3n) is 2.47. The molecule has 2 aromatic rings. The Morgan fingerprint density at radius 1 is 0.900 bits per heavy atom. The van der Waals surface area contributed by atoms with E-state index in [1.165, 1.54) is 30.3 Å². The highest BCUT2D eigenvalue weighted by Gasteiger charge is 2.14. The number of anilines is 2. The molecule has 0 aromatic heterocycles. The van der Waals surface area contributed by atoms with Crippen LogP contribution in [0.1, 0.15) is 15.9 Å². The lowest BCUT2D eigenvalue weighted by Gasteiger charge is -2.06. The van der Waals surface area contributed by atoms with Crippen molar-refractivity contribution in [1.82, 2.24) is 0 Å². The summed E-state index contributed by atoms with van der Waals surface area (Å²) in [5.74, 6) is -0.816. The van der Waals surface area contributed by atoms with Crippen molar-refractivity contribution in [2.24, 2.45) is 0 Å². The maximum atomic E-state index is 12.1. The average Bonchev–Trinajstić information content (AvgIpc) is 2.26. The van der Waals surface area contributed by atoms with Gasteiger partial charge in [0.2, 0.25) is 0 Å². The first-order valence-electron chi connectivity index (χ1n) is 5.20. The van der Waals surface area contributed by atoms with E-state index in [0.717, 1.165) is 6.07 Å². The van der Waals surface area contributed by atoms with E-state index in [-0.39, 0.29) is 47.4 Å². The van der Waals surface area contributed by atoms with E-state index in [2.05, 4.69) is 0 Å². The lowest BCUT2D eigenvalue weighted by molar-refractivity contribution is 0.103. The van der Waals surface area contributed by atoms with Gasteiger partial charge >= 0.3 is 0 Å². The third kappa shape index (κ3) is 3.69. The number of carbonyl (C=O) groups excluding carboxylic acids is 1. The lowest BCUT2D eigenvalue weighted by atomic mass is 10.0. The van der Waals surface area contributed by atoms with Crippen LogP contribution in [0.5, 0.6) is 11.5 Å². The van der Waals surface area contributed by atoms with Gasteiger partial charge in [-0.3, -0.25) is 4.79 Å². The van der Waals surface area contributed by atoms with Gasteiger partial charge in [-0.05, 0) is 30.3 Å². The zero-order valence-corrected chi connectivity index (χ0v) is 11.9. The van der Waals surface area contributed by atoms with E-state index >= 15 is 0 Å². The number of ketones is 1. The van der Waals surface area contributed by atoms with Gasteiger partial charge in [0.25, 0.3) is 0 Å². The Hall–Kier alpha value is -2.11. The molecule has 0 amide bonds. The molecule has 0 bridgehead atoms. The van der Waals surface area contributed by atoms with Gasteiger partial charge in [0.15, 0.2) is 5.78 Å². The minimum atomic E-state index is -0.411. The molecular weight excluding hydrogens is 303 g/mol. The standard InChI is InChI=1S/C13H12N2O3.2ClH/c14-8-3-7(4-9(15)5-8)13(18)11-2-1-10(16)6-12(11)17;;/h1-6,16-17H,14-15H2;2*1H. The summed E-state index contributed by atoms with van der Waals surface area (Å²) in [7, 11) is 0. The van der Waals surface area contributed by atoms with Crippen molar-refractivity contribution in [3.8, 4) is 11.5 Å². The van der Waals surface area contributed by atoms with E-state index in [1.807, 2.05) is 0 Å². The normalized spacial score (nSPS) is 9.20. The number of nitrogens with two attached hydrogens (primary N) is 2. The molecule has 20 heavy (non-hydrogen) atoms. The largest absolute Gasteiger partial charge is 0.508 e. The Balaban J connectivity index is 0.00000180. The van der Waals surface area contributed by atoms with Gasteiger partial charge < -0.3 is 21.7 Å². The number of hydrogen-bond acceptors (Lipinski definition) is 5. The van der Waals surface area contributed by atoms with E-state index in [1.54, 1.807) is 0 Å². The predicted molar refractivity (Wildman–Crippen MR) is 83.0 cm³/mol. The van der Waals surface area contributed by atoms with Crippen molar-refractivity contribution in [2.45, 2.75) is 0 Å². The Bertz CT molecular complexity index is 613. The average molecular weight is 317 g/mol. The summed E-state index contributed by atoms with van der Waals surface area (Å²) in [6.45, 7) is 0. The van der Waals surface area contributed by atoms with Gasteiger partial charge in [0.1, 0.15) is 11.5 Å². The number of phenolic OH excluding ortho intramolecular Hbond substituents is 2. The molecule has 7 heteroatoms. The first-order chi connectivity index (χ1) is 8.47. The predicted octanol–water partition coefficient (Wildman–Crippen LogP) is 2.34. The molecule has 0 aliphatic rings. The Morgan fingerprint density at radius 3 is 1.95 bits per heavy atom. The highest BCUT2D eigenvalue weighted by molar-refractivity contribution is 6.11. The van der Waals surface area contributed by atoms with Crippen LogP contribution in [-0.4, -0.2) is 16.0 Å². The Labute approximate surface area is 128 Å². The second kappa shape index (κ2) is 6.88. The number of aromatic hydroxyl groups is 2. The summed E-state index contributed by atoms with van der Waals surface area (Å²) < 4.78 is 0. The van der Waals surface area contributed by atoms with Crippen LogP contribution in [0.3, 0.4) is 0 Å². The third-order valence-corrected chi connectivity index (χ3v) is 2.47. The fraction of sp³-hybridized carbons (Fsp3) is 0. The van der Waals surface area contributed by atoms with Gasteiger partial charge in [0, 0.05) is 23.0 Å². The summed E-state index contributed by atoms with van der Waals surface area (Å²) in [4.78, 5) is 12.1. The van der Waals surface area contributed by atoms with E-state index in [4.69, 9.17) is 16.6 Å². The summed E-state index contributed by atoms with van der Waals surface area (Å²) >= 11 is 0. The van der Waals surface area contributed by atoms with Crippen molar-refractivity contribution in [3.63, 3.8) is 0 Å². The van der Waals surface area contributed by atoms with E-state index < -0.39 is 5.78 Å². The zero-order chi connectivity index (χ0) is 13.3. The highest BCUT2D eigenvalue weighted by atomic mass is 35.5. The number of benzene rings is 2. The second-order valence-corrected chi connectivity index (χ2v) is 3.92. The fourth-order valence-corrected chi connectivity index (χ4v) is 1.68. The second-order valence-electron chi connectivity index (χ2n) is 3.92. The molecule has 0 aliphatic carbocycles. The number of phenols is 2. The number of rotatable bonds is 2. The monoisotopic (exact) mass is 316 g/mol. The van der Waals surface area contributed by atoms with Crippen LogP contribution in [0.25, 0.3) is 0 Å². The molecule has 0 radical (unpaired) electrons. The molecule has 0 spiro atoms. The molecule has 0 heterocycles. The summed E-state index contributed by atoms with van der Waals surface area (Å²) in [6, 6.07) is 8.25. The number of nitrogen functional groups attached to an aromatic ring is 2. The SMILES string of the molecule is Cl.Cl.Nc1cc(N)cc(C(=O)c2ccc(O)cc2O)c1. The number of halogens is 2. The topological polar surface area (TPSA) is 110 Å². The minimum Gasteiger partial charge on any atom is -0.508 e. The van der Waals surface area contributed by atoms with Gasteiger partial charge in [-0.2, -0.15) is 0 Å². The first kappa shape index (κ1) is 17.9. The number of hydrogen-bond donors (Lipinski definition) is 4. The van der Waals surface area contributed by atoms with E-state index in [0.29, 0.717) is 11.4 Å². The van der Waals surface area contributed by atoms with Crippen LogP contribution >= 0.6 is 24.8 Å². The Morgan fingerprint density at radius 2 is 1.45 bits per heavy atom. The molecule has 0 unspecified atom stereocenters. The van der Waals surface area contributed by atoms with E-state index in [9.17, 15) is 9.90 Å². The molecule has 0 saturated heterocycles. The number of carbonyl (C=O) groups is 1. The van der Waals surface area contributed by atoms with Crippen LogP contribution in [0, 0.1) is 0 Å². The van der Waals surface area contributed by atoms with Crippen molar-refractivity contribution in [2.75, 3.05) is 11.5 Å². The van der Waals surface area contributed by atoms with Crippen molar-refractivity contribution in [3.05, 3.63) is 47.5 Å². The zero-order valence-electron chi connectivity index (χ0n) is 10.2. The maximum absolute atomic E-state index is 12.1. The molecule has 0 atom stereocenters. The Kier molecular flexibility index (Phi) is 6.16. The van der Waals surface area contributed by atoms with Crippen molar-refractivity contribution in [1.29, 1.82) is 0 Å². The van der Waals surface area contributed by atoms with Gasteiger partial charge in [0.05, 0.1) is 5.56 Å². The summed E-state index contributed by atoms with van der Waals surface area (Å²) in [6.07, 6.45) is 0. The molecule has 2 aromatic carbocycles.